The highest BCUT2D eigenvalue weighted by atomic mass is 35.5. The zero-order valence-electron chi connectivity index (χ0n) is 28.1. The molecular weight excluding hydrogens is 666 g/mol. The quantitative estimate of drug-likeness (QED) is 0.112. The summed E-state index contributed by atoms with van der Waals surface area (Å²) < 4.78 is 45.4. The number of nitrogens with zero attached hydrogens (tertiary/aromatic N) is 1. The summed E-state index contributed by atoms with van der Waals surface area (Å²) >= 11 is 6.06. The van der Waals surface area contributed by atoms with Gasteiger partial charge in [0.25, 0.3) is 5.91 Å². The Morgan fingerprint density at radius 3 is 2.06 bits per heavy atom. The van der Waals surface area contributed by atoms with Crippen molar-refractivity contribution >= 4 is 23.2 Å². The number of nitrogens with one attached hydrogen (secondary N) is 2. The van der Waals surface area contributed by atoms with Crippen LogP contribution in [0.15, 0.2) is 77.3 Å². The van der Waals surface area contributed by atoms with Gasteiger partial charge >= 0.3 is 0 Å². The van der Waals surface area contributed by atoms with Gasteiger partial charge in [0.15, 0.2) is 40.3 Å². The number of benzene rings is 4. The first kappa shape index (κ1) is 34.1. The van der Waals surface area contributed by atoms with Crippen LogP contribution in [0.1, 0.15) is 28.5 Å². The molecule has 0 saturated carbocycles. The van der Waals surface area contributed by atoms with Gasteiger partial charge in [-0.2, -0.15) is 0 Å². The second-order valence-corrected chi connectivity index (χ2v) is 11.5. The molecule has 6 rings (SSSR count). The topological polar surface area (TPSA) is 132 Å². The molecule has 12 nitrogen and oxygen atoms in total. The molecule has 50 heavy (non-hydrogen) atoms. The Morgan fingerprint density at radius 2 is 1.36 bits per heavy atom. The minimum absolute atomic E-state index is 0.214. The van der Waals surface area contributed by atoms with E-state index in [-0.39, 0.29) is 5.91 Å². The number of hydrogen-bond donors (Lipinski definition) is 2. The van der Waals surface area contributed by atoms with Crippen molar-refractivity contribution in [2.75, 3.05) is 54.1 Å². The van der Waals surface area contributed by atoms with Crippen LogP contribution >= 0.6 is 11.6 Å². The van der Waals surface area contributed by atoms with Crippen molar-refractivity contribution in [1.82, 2.24) is 10.5 Å². The fourth-order valence-corrected chi connectivity index (χ4v) is 5.70. The smallest absolute Gasteiger partial charge is 0.255 e. The number of ether oxygens (including phenoxy) is 7. The monoisotopic (exact) mass is 701 g/mol. The van der Waals surface area contributed by atoms with E-state index in [2.05, 4.69) is 15.8 Å². The molecular formula is C37H36ClN3O9. The minimum atomic E-state index is -0.448. The minimum Gasteiger partial charge on any atom is -0.493 e. The third-order valence-electron chi connectivity index (χ3n) is 8.05. The summed E-state index contributed by atoms with van der Waals surface area (Å²) in [4.78, 5) is 12.7. The molecule has 260 valence electrons. The van der Waals surface area contributed by atoms with Crippen molar-refractivity contribution in [1.29, 1.82) is 0 Å². The highest BCUT2D eigenvalue weighted by molar-refractivity contribution is 6.31. The lowest BCUT2D eigenvalue weighted by Crippen LogP contribution is -2.38. The highest BCUT2D eigenvalue weighted by Crippen LogP contribution is 2.42. The van der Waals surface area contributed by atoms with Crippen LogP contribution in [0.4, 0.5) is 5.69 Å². The van der Waals surface area contributed by atoms with Crippen LogP contribution in [-0.2, 0) is 0 Å². The van der Waals surface area contributed by atoms with Gasteiger partial charge in [0.1, 0.15) is 11.9 Å². The molecule has 0 bridgehead atoms. The van der Waals surface area contributed by atoms with Gasteiger partial charge in [0, 0.05) is 34.3 Å². The van der Waals surface area contributed by atoms with Gasteiger partial charge < -0.3 is 48.3 Å². The van der Waals surface area contributed by atoms with E-state index >= 15 is 0 Å². The first-order valence-electron chi connectivity index (χ1n) is 15.6. The summed E-state index contributed by atoms with van der Waals surface area (Å²) in [5, 5.41) is 11.1. The summed E-state index contributed by atoms with van der Waals surface area (Å²) in [7, 11) is 7.82. The summed E-state index contributed by atoms with van der Waals surface area (Å²) in [5.74, 6) is 4.04. The fraction of sp³-hybridized carbons (Fsp3) is 0.243. The Kier molecular flexibility index (Phi) is 10.4. The molecule has 2 N–H and O–H groups in total. The van der Waals surface area contributed by atoms with E-state index in [1.165, 1.54) is 0 Å². The molecule has 1 aliphatic heterocycles. The second-order valence-electron chi connectivity index (χ2n) is 11.1. The Labute approximate surface area is 294 Å². The van der Waals surface area contributed by atoms with Gasteiger partial charge in [-0.25, -0.2) is 0 Å². The molecule has 0 aliphatic carbocycles. The lowest BCUT2D eigenvalue weighted by Gasteiger charge is -2.28. The van der Waals surface area contributed by atoms with Gasteiger partial charge in [0.05, 0.1) is 54.3 Å². The van der Waals surface area contributed by atoms with Crippen molar-refractivity contribution < 1.29 is 42.5 Å². The molecule has 1 amide bonds. The van der Waals surface area contributed by atoms with E-state index in [1.54, 1.807) is 65.9 Å². The zero-order chi connectivity index (χ0) is 35.2. The summed E-state index contributed by atoms with van der Waals surface area (Å²) in [6.45, 7) is 0.725. The van der Waals surface area contributed by atoms with Crippen LogP contribution in [0.5, 0.6) is 40.2 Å². The molecule has 2 heterocycles. The number of rotatable bonds is 14. The Morgan fingerprint density at radius 1 is 0.680 bits per heavy atom. The van der Waals surface area contributed by atoms with Crippen molar-refractivity contribution in [3.05, 3.63) is 88.9 Å². The first-order valence-corrected chi connectivity index (χ1v) is 16.0. The summed E-state index contributed by atoms with van der Waals surface area (Å²) in [6.07, 6.45) is 0.129. The van der Waals surface area contributed by atoms with E-state index < -0.39 is 6.17 Å². The molecule has 5 aromatic rings. The summed E-state index contributed by atoms with van der Waals surface area (Å²) in [6, 6.07) is 21.6. The molecule has 13 heteroatoms. The maximum atomic E-state index is 12.7. The van der Waals surface area contributed by atoms with E-state index in [0.717, 1.165) is 11.1 Å². The molecule has 1 aliphatic rings. The van der Waals surface area contributed by atoms with Crippen LogP contribution in [0.3, 0.4) is 0 Å². The van der Waals surface area contributed by atoms with Crippen molar-refractivity contribution in [2.24, 2.45) is 0 Å². The van der Waals surface area contributed by atoms with Crippen molar-refractivity contribution in [3.8, 4) is 62.8 Å². The second kappa shape index (κ2) is 15.2. The predicted octanol–water partition coefficient (Wildman–Crippen LogP) is 7.41. The number of halogens is 1. The lowest BCUT2D eigenvalue weighted by molar-refractivity contribution is 0.0935. The molecule has 1 unspecified atom stereocenters. The van der Waals surface area contributed by atoms with Crippen LogP contribution in [0.25, 0.3) is 22.6 Å². The van der Waals surface area contributed by atoms with E-state index in [4.69, 9.17) is 49.3 Å². The molecule has 1 atom stereocenters. The standard InChI is InChI=1S/C37H36ClN3O9/c1-43-28-11-7-21(27-20-30(50-41-27)23-17-33(45-3)35(47-5)34(18-23)46-4)15-32(28)49-14-6-13-48-29-12-8-22(16-31(29)44-2)36-39-26-10-9-24(38)19-25(26)37(42)40-36/h7-12,15-20,36,39H,6,13-14H2,1-5H3,(H,40,42). The first-order chi connectivity index (χ1) is 24.3. The SMILES string of the molecule is COc1cc(C2NC(=O)c3cc(Cl)ccc3N2)ccc1OCCCOc1cc(-c2cc(-c3cc(OC)c(OC)c(OC)c3)on2)ccc1OC. The van der Waals surface area contributed by atoms with Gasteiger partial charge in [0.2, 0.25) is 5.75 Å². The lowest BCUT2D eigenvalue weighted by atomic mass is 10.1. The molecule has 0 spiro atoms. The average Bonchev–Trinajstić information content (AvgIpc) is 3.65. The number of amides is 1. The van der Waals surface area contributed by atoms with E-state index in [1.807, 2.05) is 42.5 Å². The van der Waals surface area contributed by atoms with E-state index in [0.29, 0.717) is 93.2 Å². The largest absolute Gasteiger partial charge is 0.493 e. The number of fused-ring (bicyclic) bond motifs is 1. The number of carbonyl (C=O) groups is 1. The Hall–Kier alpha value is -5.75. The van der Waals surface area contributed by atoms with Crippen molar-refractivity contribution in [2.45, 2.75) is 12.6 Å². The van der Waals surface area contributed by atoms with Crippen LogP contribution in [-0.4, -0.2) is 59.8 Å². The zero-order valence-corrected chi connectivity index (χ0v) is 28.9. The predicted molar refractivity (Wildman–Crippen MR) is 187 cm³/mol. The van der Waals surface area contributed by atoms with Crippen molar-refractivity contribution in [3.63, 3.8) is 0 Å². The molecule has 1 aromatic heterocycles. The Bertz CT molecular complexity index is 1970. The van der Waals surface area contributed by atoms with Gasteiger partial charge in [-0.05, 0) is 66.2 Å². The fourth-order valence-electron chi connectivity index (χ4n) is 5.52. The number of anilines is 1. The van der Waals surface area contributed by atoms with Crippen LogP contribution in [0.2, 0.25) is 5.02 Å². The normalized spacial score (nSPS) is 13.4. The molecule has 0 fully saturated rings. The number of carbonyl (C=O) groups excluding carboxylic acids is 1. The third kappa shape index (κ3) is 7.15. The van der Waals surface area contributed by atoms with Crippen LogP contribution < -0.4 is 43.8 Å². The number of aromatic nitrogens is 1. The van der Waals surface area contributed by atoms with Gasteiger partial charge in [-0.3, -0.25) is 4.79 Å². The number of hydrogen-bond acceptors (Lipinski definition) is 11. The Balaban J connectivity index is 1.08. The molecule has 0 radical (unpaired) electrons. The van der Waals surface area contributed by atoms with Crippen LogP contribution in [0, 0.1) is 0 Å². The summed E-state index contributed by atoms with van der Waals surface area (Å²) in [5.41, 5.74) is 4.10. The third-order valence-corrected chi connectivity index (χ3v) is 8.28. The maximum Gasteiger partial charge on any atom is 0.255 e. The molecule has 4 aromatic carbocycles. The van der Waals surface area contributed by atoms with E-state index in [9.17, 15) is 4.79 Å². The van der Waals surface area contributed by atoms with Gasteiger partial charge in [-0.15, -0.1) is 0 Å². The molecule has 0 saturated heterocycles. The maximum absolute atomic E-state index is 12.7. The highest BCUT2D eigenvalue weighted by Gasteiger charge is 2.26. The van der Waals surface area contributed by atoms with Gasteiger partial charge in [-0.1, -0.05) is 22.8 Å². The number of methoxy groups -OCH3 is 5. The average molecular weight is 702 g/mol.